The molecule has 0 saturated carbocycles. The van der Waals surface area contributed by atoms with Crippen LogP contribution in [0.1, 0.15) is 226 Å². The van der Waals surface area contributed by atoms with Crippen LogP contribution in [0.2, 0.25) is 0 Å². The Morgan fingerprint density at radius 2 is 0.984 bits per heavy atom. The van der Waals surface area contributed by atoms with E-state index in [0.717, 1.165) is 64.2 Å². The molecule has 0 rings (SSSR count). The van der Waals surface area contributed by atoms with Crippen molar-refractivity contribution in [2.45, 2.75) is 238 Å². The first-order valence-corrected chi connectivity index (χ1v) is 27.0. The number of carbonyl (C=O) groups is 1. The Bertz CT molecular complexity index is 1130. The summed E-state index contributed by atoms with van der Waals surface area (Å²) < 4.78 is 23.7. The number of unbranched alkanes of at least 4 members (excludes halogenated alkanes) is 25. The van der Waals surface area contributed by atoms with Crippen molar-refractivity contribution in [2.75, 3.05) is 40.9 Å². The molecule has 9 heteroatoms. The van der Waals surface area contributed by atoms with E-state index in [1.807, 2.05) is 21.1 Å². The van der Waals surface area contributed by atoms with E-state index in [-0.39, 0.29) is 19.1 Å². The summed E-state index contributed by atoms with van der Waals surface area (Å²) in [6, 6.07) is -0.762. The molecule has 0 aromatic heterocycles. The van der Waals surface area contributed by atoms with E-state index in [4.69, 9.17) is 9.05 Å². The molecule has 0 saturated heterocycles. The standard InChI is InChI=1S/C52H99N2O6P/c1-6-8-10-12-14-16-18-20-22-23-24-25-26-27-28-29-30-31-32-34-36-38-40-42-44-46-52(56)53-50(49-60-61(57,58)59-48-47-54(3,4)5)51(55)45-43-41-39-37-35-33-21-19-17-15-13-11-9-7-2/h8,10,14,16,20,22,24-25,50-51,55H,6-7,9,11-13,15,17-19,21,23,26-49H2,1-5H3,(H-,53,56,57,58)/p+1/b10-8-,16-14-,22-20-,25-24-. The Balaban J connectivity index is 4.20. The summed E-state index contributed by atoms with van der Waals surface area (Å²) in [4.78, 5) is 23.2. The summed E-state index contributed by atoms with van der Waals surface area (Å²) in [5.74, 6) is -0.147. The second-order valence-electron chi connectivity index (χ2n) is 18.5. The second-order valence-corrected chi connectivity index (χ2v) is 20.0. The van der Waals surface area contributed by atoms with Gasteiger partial charge in [-0.25, -0.2) is 4.57 Å². The van der Waals surface area contributed by atoms with Crippen LogP contribution in [0.4, 0.5) is 0 Å². The number of quaternary nitrogens is 1. The van der Waals surface area contributed by atoms with Crippen molar-refractivity contribution in [3.05, 3.63) is 48.6 Å². The van der Waals surface area contributed by atoms with Crippen molar-refractivity contribution < 1.29 is 32.9 Å². The summed E-state index contributed by atoms with van der Waals surface area (Å²) in [5, 5.41) is 14.0. The van der Waals surface area contributed by atoms with Crippen LogP contribution in [-0.4, -0.2) is 73.4 Å². The Labute approximate surface area is 378 Å². The van der Waals surface area contributed by atoms with E-state index in [0.29, 0.717) is 23.9 Å². The number of phosphoric ester groups is 1. The molecule has 0 radical (unpaired) electrons. The van der Waals surface area contributed by atoms with Crippen molar-refractivity contribution in [2.24, 2.45) is 0 Å². The number of hydrogen-bond acceptors (Lipinski definition) is 5. The molecule has 358 valence electrons. The van der Waals surface area contributed by atoms with Gasteiger partial charge in [-0.15, -0.1) is 0 Å². The average molecular weight is 880 g/mol. The highest BCUT2D eigenvalue weighted by Crippen LogP contribution is 2.43. The van der Waals surface area contributed by atoms with Gasteiger partial charge in [0.2, 0.25) is 5.91 Å². The van der Waals surface area contributed by atoms with Gasteiger partial charge >= 0.3 is 7.82 Å². The number of allylic oxidation sites excluding steroid dienone is 8. The van der Waals surface area contributed by atoms with E-state index < -0.39 is 20.0 Å². The summed E-state index contributed by atoms with van der Waals surface area (Å²) in [6.45, 7) is 4.78. The zero-order chi connectivity index (χ0) is 45.0. The molecule has 1 amide bonds. The minimum atomic E-state index is -4.32. The van der Waals surface area contributed by atoms with Crippen LogP contribution in [0, 0.1) is 0 Å². The van der Waals surface area contributed by atoms with Gasteiger partial charge in [-0.3, -0.25) is 13.8 Å². The van der Waals surface area contributed by atoms with Gasteiger partial charge in [0.25, 0.3) is 0 Å². The second kappa shape index (κ2) is 43.7. The fourth-order valence-electron chi connectivity index (χ4n) is 7.33. The number of likely N-dealkylation sites (N-methyl/N-ethyl adjacent to an activating group) is 1. The minimum Gasteiger partial charge on any atom is -0.391 e. The lowest BCUT2D eigenvalue weighted by Gasteiger charge is -2.26. The first-order valence-electron chi connectivity index (χ1n) is 25.5. The maximum Gasteiger partial charge on any atom is 0.472 e. The van der Waals surface area contributed by atoms with Gasteiger partial charge < -0.3 is 19.8 Å². The molecule has 0 heterocycles. The number of amides is 1. The van der Waals surface area contributed by atoms with Crippen LogP contribution in [-0.2, 0) is 18.4 Å². The quantitative estimate of drug-likeness (QED) is 0.0243. The maximum atomic E-state index is 12.9. The highest BCUT2D eigenvalue weighted by Gasteiger charge is 2.28. The number of phosphoric acid groups is 1. The number of aliphatic hydroxyl groups excluding tert-OH is 1. The zero-order valence-electron chi connectivity index (χ0n) is 40.7. The molecular formula is C52H100N2O6P+. The molecule has 0 aliphatic rings. The highest BCUT2D eigenvalue weighted by molar-refractivity contribution is 7.47. The van der Waals surface area contributed by atoms with Crippen LogP contribution in [0.15, 0.2) is 48.6 Å². The first-order chi connectivity index (χ1) is 29.5. The van der Waals surface area contributed by atoms with Gasteiger partial charge in [-0.1, -0.05) is 217 Å². The van der Waals surface area contributed by atoms with Crippen LogP contribution in [0.5, 0.6) is 0 Å². The summed E-state index contributed by atoms with van der Waals surface area (Å²) in [7, 11) is 1.61. The highest BCUT2D eigenvalue weighted by atomic mass is 31.2. The lowest BCUT2D eigenvalue weighted by Crippen LogP contribution is -2.46. The normalized spacial score (nSPS) is 14.5. The van der Waals surface area contributed by atoms with E-state index in [1.165, 1.54) is 135 Å². The van der Waals surface area contributed by atoms with Crippen molar-refractivity contribution in [1.29, 1.82) is 0 Å². The summed E-state index contributed by atoms with van der Waals surface area (Å²) in [6.07, 6.45) is 55.7. The van der Waals surface area contributed by atoms with E-state index >= 15 is 0 Å². The third-order valence-electron chi connectivity index (χ3n) is 11.3. The molecule has 3 N–H and O–H groups in total. The smallest absolute Gasteiger partial charge is 0.391 e. The Morgan fingerprint density at radius 1 is 0.574 bits per heavy atom. The predicted octanol–water partition coefficient (Wildman–Crippen LogP) is 14.8. The molecule has 0 aliphatic carbocycles. The molecule has 8 nitrogen and oxygen atoms in total. The molecule has 0 fully saturated rings. The summed E-state index contributed by atoms with van der Waals surface area (Å²) in [5.41, 5.74) is 0. The predicted molar refractivity (Wildman–Crippen MR) is 263 cm³/mol. The van der Waals surface area contributed by atoms with E-state index in [2.05, 4.69) is 67.8 Å². The van der Waals surface area contributed by atoms with Gasteiger partial charge in [-0.2, -0.15) is 0 Å². The molecule has 0 aliphatic heterocycles. The number of rotatable bonds is 46. The van der Waals surface area contributed by atoms with Crippen molar-refractivity contribution >= 4 is 13.7 Å². The Morgan fingerprint density at radius 3 is 1.44 bits per heavy atom. The number of nitrogens with one attached hydrogen (secondary N) is 1. The molecule has 0 bridgehead atoms. The monoisotopic (exact) mass is 880 g/mol. The van der Waals surface area contributed by atoms with Crippen LogP contribution in [0.25, 0.3) is 0 Å². The maximum absolute atomic E-state index is 12.9. The minimum absolute atomic E-state index is 0.0735. The topological polar surface area (TPSA) is 105 Å². The molecular weight excluding hydrogens is 780 g/mol. The van der Waals surface area contributed by atoms with Crippen molar-refractivity contribution in [3.63, 3.8) is 0 Å². The van der Waals surface area contributed by atoms with Gasteiger partial charge in [0.15, 0.2) is 0 Å². The lowest BCUT2D eigenvalue weighted by molar-refractivity contribution is -0.870. The van der Waals surface area contributed by atoms with Crippen molar-refractivity contribution in [1.82, 2.24) is 5.32 Å². The van der Waals surface area contributed by atoms with Gasteiger partial charge in [0.1, 0.15) is 13.2 Å². The first kappa shape index (κ1) is 59.5. The zero-order valence-corrected chi connectivity index (χ0v) is 41.5. The largest absolute Gasteiger partial charge is 0.472 e. The van der Waals surface area contributed by atoms with Crippen molar-refractivity contribution in [3.8, 4) is 0 Å². The van der Waals surface area contributed by atoms with Gasteiger partial charge in [-0.05, 0) is 51.4 Å². The Kier molecular flexibility index (Phi) is 42.6. The van der Waals surface area contributed by atoms with Gasteiger partial charge in [0, 0.05) is 6.42 Å². The molecule has 61 heavy (non-hydrogen) atoms. The SMILES string of the molecule is CC/C=C\C/C=C\C/C=C\C/C=C\CCCCCCCCCCCCCCC(=O)NC(COP(=O)(O)OCC[N+](C)(C)C)C(O)CCCCCCCCCCCCCCCC. The fourth-order valence-corrected chi connectivity index (χ4v) is 8.07. The average Bonchev–Trinajstić information content (AvgIpc) is 3.21. The van der Waals surface area contributed by atoms with E-state index in [9.17, 15) is 19.4 Å². The fraction of sp³-hybridized carbons (Fsp3) is 0.827. The number of nitrogens with zero attached hydrogens (tertiary/aromatic N) is 1. The number of carbonyl (C=O) groups excluding carboxylic acids is 1. The van der Waals surface area contributed by atoms with Crippen LogP contribution in [0.3, 0.4) is 0 Å². The Hall–Kier alpha value is -1.54. The number of hydrogen-bond donors (Lipinski definition) is 3. The van der Waals surface area contributed by atoms with Gasteiger partial charge in [0.05, 0.1) is 39.9 Å². The van der Waals surface area contributed by atoms with Crippen LogP contribution < -0.4 is 5.32 Å². The van der Waals surface area contributed by atoms with Crippen LogP contribution >= 0.6 is 7.82 Å². The lowest BCUT2D eigenvalue weighted by atomic mass is 10.0. The summed E-state index contributed by atoms with van der Waals surface area (Å²) >= 11 is 0. The third kappa shape index (κ3) is 46.3. The van der Waals surface area contributed by atoms with E-state index in [1.54, 1.807) is 0 Å². The third-order valence-corrected chi connectivity index (χ3v) is 12.3. The molecule has 0 spiro atoms. The number of aliphatic hydroxyl groups is 1. The molecule has 3 atom stereocenters. The molecule has 0 aromatic carbocycles. The molecule has 0 aromatic rings. The molecule has 3 unspecified atom stereocenters.